The van der Waals surface area contributed by atoms with Crippen molar-refractivity contribution >= 4 is 5.82 Å². The standard InChI is InChI=1S/C15H18FN3O/c1-4-17-14-7-11(3)18-15(19-14)9-20-12-6-5-10(2)13(16)8-12/h5-8H,4,9H2,1-3H3,(H,17,18,19). The van der Waals surface area contributed by atoms with Gasteiger partial charge in [-0.3, -0.25) is 0 Å². The van der Waals surface area contributed by atoms with Gasteiger partial charge in [0, 0.05) is 24.4 Å². The van der Waals surface area contributed by atoms with Crippen LogP contribution >= 0.6 is 0 Å². The third kappa shape index (κ3) is 3.66. The number of hydrogen-bond acceptors (Lipinski definition) is 4. The minimum absolute atomic E-state index is 0.211. The molecule has 20 heavy (non-hydrogen) atoms. The lowest BCUT2D eigenvalue weighted by Gasteiger charge is -2.09. The van der Waals surface area contributed by atoms with Crippen LogP contribution in [0, 0.1) is 19.7 Å². The summed E-state index contributed by atoms with van der Waals surface area (Å²) in [6, 6.07) is 6.67. The lowest BCUT2D eigenvalue weighted by molar-refractivity contribution is 0.294. The maximum atomic E-state index is 13.4. The zero-order valence-corrected chi connectivity index (χ0v) is 11.9. The first kappa shape index (κ1) is 14.2. The molecule has 1 N–H and O–H groups in total. The number of aromatic nitrogens is 2. The Hall–Kier alpha value is -2.17. The van der Waals surface area contributed by atoms with Crippen molar-refractivity contribution < 1.29 is 9.13 Å². The van der Waals surface area contributed by atoms with E-state index in [2.05, 4.69) is 15.3 Å². The molecule has 0 atom stereocenters. The predicted octanol–water partition coefficient (Wildman–Crippen LogP) is 3.24. The van der Waals surface area contributed by atoms with Crippen molar-refractivity contribution in [2.45, 2.75) is 27.4 Å². The molecule has 0 aliphatic carbocycles. The van der Waals surface area contributed by atoms with Gasteiger partial charge < -0.3 is 10.1 Å². The van der Waals surface area contributed by atoms with E-state index < -0.39 is 0 Å². The number of benzene rings is 1. The molecule has 1 aromatic heterocycles. The number of hydrogen-bond donors (Lipinski definition) is 1. The summed E-state index contributed by atoms with van der Waals surface area (Å²) in [7, 11) is 0. The summed E-state index contributed by atoms with van der Waals surface area (Å²) in [6.07, 6.45) is 0. The van der Waals surface area contributed by atoms with Crippen molar-refractivity contribution in [3.8, 4) is 5.75 Å². The van der Waals surface area contributed by atoms with Gasteiger partial charge in [-0.15, -0.1) is 0 Å². The molecule has 0 saturated carbocycles. The molecule has 0 radical (unpaired) electrons. The maximum Gasteiger partial charge on any atom is 0.168 e. The minimum Gasteiger partial charge on any atom is -0.486 e. The fraction of sp³-hybridized carbons (Fsp3) is 0.333. The van der Waals surface area contributed by atoms with Crippen molar-refractivity contribution in [2.24, 2.45) is 0 Å². The molecule has 0 unspecified atom stereocenters. The largest absolute Gasteiger partial charge is 0.486 e. The zero-order chi connectivity index (χ0) is 14.5. The lowest BCUT2D eigenvalue weighted by Crippen LogP contribution is -2.07. The van der Waals surface area contributed by atoms with Gasteiger partial charge in [-0.2, -0.15) is 0 Å². The van der Waals surface area contributed by atoms with Crippen LogP contribution in [0.25, 0.3) is 0 Å². The van der Waals surface area contributed by atoms with Crippen LogP contribution in [0.2, 0.25) is 0 Å². The molecular formula is C15H18FN3O. The molecule has 0 saturated heterocycles. The summed E-state index contributed by atoms with van der Waals surface area (Å²) in [5.74, 6) is 1.54. The fourth-order valence-corrected chi connectivity index (χ4v) is 1.78. The predicted molar refractivity (Wildman–Crippen MR) is 76.4 cm³/mol. The average molecular weight is 275 g/mol. The van der Waals surface area contributed by atoms with Gasteiger partial charge in [-0.25, -0.2) is 14.4 Å². The number of anilines is 1. The van der Waals surface area contributed by atoms with E-state index in [9.17, 15) is 4.39 Å². The van der Waals surface area contributed by atoms with Crippen LogP contribution in [0.5, 0.6) is 5.75 Å². The molecule has 4 nitrogen and oxygen atoms in total. The first-order chi connectivity index (χ1) is 9.58. The third-order valence-corrected chi connectivity index (χ3v) is 2.77. The second kappa shape index (κ2) is 6.32. The van der Waals surface area contributed by atoms with Crippen LogP contribution in [0.3, 0.4) is 0 Å². The van der Waals surface area contributed by atoms with E-state index in [1.165, 1.54) is 6.07 Å². The van der Waals surface area contributed by atoms with E-state index in [4.69, 9.17) is 4.74 Å². The number of halogens is 1. The highest BCUT2D eigenvalue weighted by Gasteiger charge is 2.04. The summed E-state index contributed by atoms with van der Waals surface area (Å²) >= 11 is 0. The van der Waals surface area contributed by atoms with E-state index in [0.717, 1.165) is 18.1 Å². The van der Waals surface area contributed by atoms with Crippen molar-refractivity contribution in [3.63, 3.8) is 0 Å². The highest BCUT2D eigenvalue weighted by atomic mass is 19.1. The van der Waals surface area contributed by atoms with Crippen LogP contribution in [-0.2, 0) is 6.61 Å². The fourth-order valence-electron chi connectivity index (χ4n) is 1.78. The lowest BCUT2D eigenvalue weighted by atomic mass is 10.2. The van der Waals surface area contributed by atoms with Gasteiger partial charge in [0.05, 0.1) is 0 Å². The van der Waals surface area contributed by atoms with Crippen LogP contribution in [0.15, 0.2) is 24.3 Å². The van der Waals surface area contributed by atoms with E-state index in [-0.39, 0.29) is 12.4 Å². The third-order valence-electron chi connectivity index (χ3n) is 2.77. The number of nitrogens with one attached hydrogen (secondary N) is 1. The topological polar surface area (TPSA) is 47.0 Å². The quantitative estimate of drug-likeness (QED) is 0.910. The van der Waals surface area contributed by atoms with Gasteiger partial charge >= 0.3 is 0 Å². The Morgan fingerprint density at radius 1 is 1.20 bits per heavy atom. The Labute approximate surface area is 118 Å². The van der Waals surface area contributed by atoms with Gasteiger partial charge in [0.25, 0.3) is 0 Å². The van der Waals surface area contributed by atoms with E-state index >= 15 is 0 Å². The Morgan fingerprint density at radius 3 is 2.70 bits per heavy atom. The molecule has 106 valence electrons. The average Bonchev–Trinajstić information content (AvgIpc) is 2.40. The Balaban J connectivity index is 2.08. The molecule has 5 heteroatoms. The van der Waals surface area contributed by atoms with Crippen molar-refractivity contribution in [1.29, 1.82) is 0 Å². The molecule has 0 bridgehead atoms. The molecule has 0 amide bonds. The van der Waals surface area contributed by atoms with E-state index in [1.54, 1.807) is 19.1 Å². The molecule has 1 heterocycles. The molecule has 0 spiro atoms. The normalized spacial score (nSPS) is 10.4. The van der Waals surface area contributed by atoms with Crippen molar-refractivity contribution in [1.82, 2.24) is 9.97 Å². The molecule has 0 aliphatic rings. The summed E-state index contributed by atoms with van der Waals surface area (Å²) in [6.45, 7) is 6.62. The summed E-state index contributed by atoms with van der Waals surface area (Å²) in [4.78, 5) is 8.64. The molecule has 1 aromatic carbocycles. The van der Waals surface area contributed by atoms with Gasteiger partial charge in [0.2, 0.25) is 0 Å². The second-order valence-electron chi connectivity index (χ2n) is 4.54. The van der Waals surface area contributed by atoms with Gasteiger partial charge in [-0.1, -0.05) is 6.07 Å². The second-order valence-corrected chi connectivity index (χ2v) is 4.54. The summed E-state index contributed by atoms with van der Waals surface area (Å²) in [5.41, 5.74) is 1.46. The minimum atomic E-state index is -0.277. The monoisotopic (exact) mass is 275 g/mol. The number of ether oxygens (including phenoxy) is 1. The summed E-state index contributed by atoms with van der Waals surface area (Å²) in [5, 5.41) is 3.14. The van der Waals surface area contributed by atoms with Crippen molar-refractivity contribution in [2.75, 3.05) is 11.9 Å². The smallest absolute Gasteiger partial charge is 0.168 e. The summed E-state index contributed by atoms with van der Waals surface area (Å²) < 4.78 is 18.9. The first-order valence-electron chi connectivity index (χ1n) is 6.56. The highest BCUT2D eigenvalue weighted by Crippen LogP contribution is 2.17. The molecule has 2 aromatic rings. The van der Waals surface area contributed by atoms with Gasteiger partial charge in [0.15, 0.2) is 5.82 Å². The van der Waals surface area contributed by atoms with E-state index in [0.29, 0.717) is 17.1 Å². The number of aryl methyl sites for hydroxylation is 2. The van der Waals surface area contributed by atoms with Gasteiger partial charge in [0.1, 0.15) is 24.0 Å². The maximum absolute atomic E-state index is 13.4. The Morgan fingerprint density at radius 2 is 2.00 bits per heavy atom. The van der Waals surface area contributed by atoms with Crippen LogP contribution < -0.4 is 10.1 Å². The van der Waals surface area contributed by atoms with Crippen LogP contribution in [-0.4, -0.2) is 16.5 Å². The number of rotatable bonds is 5. The van der Waals surface area contributed by atoms with Crippen LogP contribution in [0.4, 0.5) is 10.2 Å². The molecule has 0 aliphatic heterocycles. The zero-order valence-electron chi connectivity index (χ0n) is 11.9. The number of nitrogens with zero attached hydrogens (tertiary/aromatic N) is 2. The van der Waals surface area contributed by atoms with Gasteiger partial charge in [-0.05, 0) is 32.4 Å². The van der Waals surface area contributed by atoms with E-state index in [1.807, 2.05) is 19.9 Å². The molecule has 0 fully saturated rings. The SMILES string of the molecule is CCNc1cc(C)nc(COc2ccc(C)c(F)c2)n1. The Bertz CT molecular complexity index is 602. The van der Waals surface area contributed by atoms with Crippen molar-refractivity contribution in [3.05, 3.63) is 47.2 Å². The van der Waals surface area contributed by atoms with Crippen LogP contribution in [0.1, 0.15) is 24.0 Å². The highest BCUT2D eigenvalue weighted by molar-refractivity contribution is 5.35. The molecular weight excluding hydrogens is 257 g/mol. The molecule has 2 rings (SSSR count). The Kier molecular flexibility index (Phi) is 4.50. The first-order valence-corrected chi connectivity index (χ1v) is 6.56.